The molecule has 0 aliphatic heterocycles. The fourth-order valence-corrected chi connectivity index (χ4v) is 2.24. The molecule has 0 atom stereocenters. The molecule has 0 radical (unpaired) electrons. The lowest BCUT2D eigenvalue weighted by atomic mass is 10.1. The first-order valence-electron chi connectivity index (χ1n) is 6.33. The molecule has 0 N–H and O–H groups in total. The van der Waals surface area contributed by atoms with Gasteiger partial charge in [0, 0.05) is 15.2 Å². The number of ether oxygens (including phenoxy) is 1. The van der Waals surface area contributed by atoms with Crippen LogP contribution >= 0.6 is 22.6 Å². The van der Waals surface area contributed by atoms with Gasteiger partial charge in [-0.05, 0) is 70.6 Å². The van der Waals surface area contributed by atoms with E-state index in [0.717, 1.165) is 22.6 Å². The molecule has 0 saturated heterocycles. The molecule has 0 spiro atoms. The second kappa shape index (κ2) is 6.13. The van der Waals surface area contributed by atoms with E-state index in [2.05, 4.69) is 22.6 Å². The topological polar surface area (TPSA) is 39.4 Å². The highest BCUT2D eigenvalue weighted by Crippen LogP contribution is 2.25. The molecule has 0 amide bonds. The van der Waals surface area contributed by atoms with Crippen LogP contribution in [0.3, 0.4) is 0 Å². The third-order valence-corrected chi connectivity index (χ3v) is 3.66. The highest BCUT2D eigenvalue weighted by Gasteiger charge is 2.01. The fourth-order valence-electron chi connectivity index (χ4n) is 1.88. The maximum atomic E-state index is 10.9. The smallest absolute Gasteiger partial charge is 0.335 e. The van der Waals surface area contributed by atoms with Crippen molar-refractivity contribution in [3.63, 3.8) is 0 Å². The molecule has 104 valence electrons. The number of hydrogen-bond acceptors (Lipinski definition) is 3. The summed E-state index contributed by atoms with van der Waals surface area (Å²) in [6.45, 7) is 0. The summed E-state index contributed by atoms with van der Waals surface area (Å²) in [5.74, 6) is 1.56. The van der Waals surface area contributed by atoms with E-state index < -0.39 is 0 Å². The Hall–Kier alpha value is -2.08. The number of hydrogen-bond donors (Lipinski definition) is 0. The maximum absolute atomic E-state index is 10.9. The quantitative estimate of drug-likeness (QED) is 0.609. The van der Waals surface area contributed by atoms with Crippen molar-refractivity contribution in [2.75, 3.05) is 0 Å². The Morgan fingerprint density at radius 3 is 1.90 bits per heavy atom. The van der Waals surface area contributed by atoms with E-state index >= 15 is 0 Å². The molecule has 2 aromatic carbocycles. The van der Waals surface area contributed by atoms with Crippen molar-refractivity contribution in [3.8, 4) is 22.6 Å². The lowest BCUT2D eigenvalue weighted by Crippen LogP contribution is -1.93. The number of rotatable bonds is 3. The summed E-state index contributed by atoms with van der Waals surface area (Å²) in [5, 5.41) is 0. The van der Waals surface area contributed by atoms with E-state index in [-0.39, 0.29) is 5.63 Å². The van der Waals surface area contributed by atoms with Crippen LogP contribution in [0.2, 0.25) is 0 Å². The summed E-state index contributed by atoms with van der Waals surface area (Å²) in [4.78, 5) is 10.9. The van der Waals surface area contributed by atoms with Crippen LogP contribution in [0.4, 0.5) is 0 Å². The molecule has 0 bridgehead atoms. The van der Waals surface area contributed by atoms with Crippen molar-refractivity contribution in [2.45, 2.75) is 0 Å². The molecule has 4 heteroatoms. The molecule has 1 heterocycles. The SMILES string of the molecule is O=c1ccc(-c2ccc(Oc3ccc(I)cc3)cc2)co1. The zero-order valence-corrected chi connectivity index (χ0v) is 13.1. The van der Waals surface area contributed by atoms with Crippen LogP contribution in [0.15, 0.2) is 76.1 Å². The van der Waals surface area contributed by atoms with E-state index in [4.69, 9.17) is 9.15 Å². The van der Waals surface area contributed by atoms with Crippen molar-refractivity contribution in [1.82, 2.24) is 0 Å². The third-order valence-electron chi connectivity index (χ3n) is 2.94. The molecule has 0 fully saturated rings. The van der Waals surface area contributed by atoms with E-state index in [1.165, 1.54) is 15.9 Å². The van der Waals surface area contributed by atoms with E-state index in [0.29, 0.717) is 0 Å². The van der Waals surface area contributed by atoms with E-state index in [9.17, 15) is 4.79 Å². The summed E-state index contributed by atoms with van der Waals surface area (Å²) in [6, 6.07) is 18.6. The molecule has 0 aliphatic carbocycles. The molecule has 1 aromatic heterocycles. The third kappa shape index (κ3) is 3.52. The van der Waals surface area contributed by atoms with Gasteiger partial charge in [-0.15, -0.1) is 0 Å². The number of halogens is 1. The van der Waals surface area contributed by atoms with Crippen LogP contribution in [-0.4, -0.2) is 0 Å². The first-order chi connectivity index (χ1) is 10.2. The second-order valence-electron chi connectivity index (χ2n) is 4.42. The van der Waals surface area contributed by atoms with E-state index in [1.54, 1.807) is 6.07 Å². The van der Waals surface area contributed by atoms with Gasteiger partial charge in [0.25, 0.3) is 0 Å². The lowest BCUT2D eigenvalue weighted by Gasteiger charge is -2.07. The van der Waals surface area contributed by atoms with E-state index in [1.807, 2.05) is 48.5 Å². The monoisotopic (exact) mass is 390 g/mol. The first kappa shape index (κ1) is 13.9. The van der Waals surface area contributed by atoms with Gasteiger partial charge in [0.2, 0.25) is 0 Å². The van der Waals surface area contributed by atoms with Gasteiger partial charge in [-0.1, -0.05) is 12.1 Å². The Morgan fingerprint density at radius 2 is 1.33 bits per heavy atom. The molecule has 0 saturated carbocycles. The molecular weight excluding hydrogens is 379 g/mol. The van der Waals surface area contributed by atoms with Gasteiger partial charge in [-0.25, -0.2) is 4.79 Å². The van der Waals surface area contributed by atoms with Crippen molar-refractivity contribution in [3.05, 3.63) is 80.9 Å². The van der Waals surface area contributed by atoms with Gasteiger partial charge in [-0.2, -0.15) is 0 Å². The van der Waals surface area contributed by atoms with Crippen molar-refractivity contribution in [1.29, 1.82) is 0 Å². The summed E-state index contributed by atoms with van der Waals surface area (Å²) in [7, 11) is 0. The fraction of sp³-hybridized carbons (Fsp3) is 0. The Bertz CT molecular complexity index is 769. The number of benzene rings is 2. The largest absolute Gasteiger partial charge is 0.457 e. The Labute approximate surface area is 135 Å². The van der Waals surface area contributed by atoms with Crippen LogP contribution in [0, 0.1) is 3.57 Å². The van der Waals surface area contributed by atoms with Gasteiger partial charge in [0.1, 0.15) is 17.8 Å². The summed E-state index contributed by atoms with van der Waals surface area (Å²) < 4.78 is 11.8. The van der Waals surface area contributed by atoms with Gasteiger partial charge >= 0.3 is 5.63 Å². The second-order valence-corrected chi connectivity index (χ2v) is 5.67. The predicted molar refractivity (Wildman–Crippen MR) is 89.6 cm³/mol. The van der Waals surface area contributed by atoms with Crippen molar-refractivity contribution >= 4 is 22.6 Å². The Balaban J connectivity index is 1.79. The summed E-state index contributed by atoms with van der Waals surface area (Å²) in [6.07, 6.45) is 1.46. The molecule has 3 nitrogen and oxygen atoms in total. The minimum Gasteiger partial charge on any atom is -0.457 e. The zero-order valence-electron chi connectivity index (χ0n) is 11.0. The highest BCUT2D eigenvalue weighted by molar-refractivity contribution is 14.1. The minimum absolute atomic E-state index is 0.350. The minimum atomic E-state index is -0.350. The van der Waals surface area contributed by atoms with Gasteiger partial charge in [0.05, 0.1) is 0 Å². The van der Waals surface area contributed by atoms with Crippen molar-refractivity contribution < 1.29 is 9.15 Å². The molecule has 0 aliphatic rings. The molecule has 3 rings (SSSR count). The van der Waals surface area contributed by atoms with Gasteiger partial charge in [0.15, 0.2) is 0 Å². The molecule has 21 heavy (non-hydrogen) atoms. The molecular formula is C17H11IO3. The van der Waals surface area contributed by atoms with Crippen LogP contribution in [-0.2, 0) is 0 Å². The summed E-state index contributed by atoms with van der Waals surface area (Å²) in [5.41, 5.74) is 1.47. The zero-order chi connectivity index (χ0) is 14.7. The van der Waals surface area contributed by atoms with Crippen LogP contribution in [0.25, 0.3) is 11.1 Å². The lowest BCUT2D eigenvalue weighted by molar-refractivity contribution is 0.482. The molecule has 0 unspecified atom stereocenters. The normalized spacial score (nSPS) is 10.3. The highest BCUT2D eigenvalue weighted by atomic mass is 127. The standard InChI is InChI=1S/C17H11IO3/c18-14-4-8-16(9-5-14)21-15-6-1-12(2-7-15)13-3-10-17(19)20-11-13/h1-11H. The van der Waals surface area contributed by atoms with Gasteiger partial charge in [-0.3, -0.25) is 0 Å². The molecule has 3 aromatic rings. The maximum Gasteiger partial charge on any atom is 0.335 e. The average molecular weight is 390 g/mol. The Morgan fingerprint density at radius 1 is 0.762 bits per heavy atom. The van der Waals surface area contributed by atoms with Crippen LogP contribution < -0.4 is 10.4 Å². The van der Waals surface area contributed by atoms with Crippen LogP contribution in [0.1, 0.15) is 0 Å². The average Bonchev–Trinajstić information content (AvgIpc) is 2.51. The van der Waals surface area contributed by atoms with Gasteiger partial charge < -0.3 is 9.15 Å². The summed E-state index contributed by atoms with van der Waals surface area (Å²) >= 11 is 2.25. The van der Waals surface area contributed by atoms with Crippen LogP contribution in [0.5, 0.6) is 11.5 Å². The predicted octanol–water partition coefficient (Wildman–Crippen LogP) is 4.70. The van der Waals surface area contributed by atoms with Crippen molar-refractivity contribution in [2.24, 2.45) is 0 Å². The Kier molecular flexibility index (Phi) is 4.06. The first-order valence-corrected chi connectivity index (χ1v) is 7.41.